The van der Waals surface area contributed by atoms with E-state index < -0.39 is 12.1 Å². The molecule has 0 aliphatic carbocycles. The molecule has 1 atom stereocenters. The summed E-state index contributed by atoms with van der Waals surface area (Å²) in [6, 6.07) is 8.80. The van der Waals surface area contributed by atoms with Gasteiger partial charge in [0.1, 0.15) is 0 Å². The van der Waals surface area contributed by atoms with Crippen LogP contribution in [0.5, 0.6) is 0 Å². The van der Waals surface area contributed by atoms with Gasteiger partial charge < -0.3 is 16.0 Å². The minimum absolute atomic E-state index is 0.0360. The Bertz CT molecular complexity index is 756. The zero-order valence-electron chi connectivity index (χ0n) is 13.6. The largest absolute Gasteiger partial charge is 0.352 e. The number of hydrogen-bond acceptors (Lipinski definition) is 3. The molecule has 1 aromatic carbocycles. The SMILES string of the molecule is Cc1ccccc1C(CC(=O)N1CCc2sccc2C1)NC(N)=O. The van der Waals surface area contributed by atoms with Gasteiger partial charge in [-0.1, -0.05) is 24.3 Å². The maximum atomic E-state index is 12.7. The van der Waals surface area contributed by atoms with Gasteiger partial charge in [-0.25, -0.2) is 4.79 Å². The number of carbonyl (C=O) groups excluding carboxylic acids is 2. The minimum atomic E-state index is -0.616. The fourth-order valence-electron chi connectivity index (χ4n) is 3.15. The lowest BCUT2D eigenvalue weighted by Gasteiger charge is -2.29. The van der Waals surface area contributed by atoms with E-state index in [4.69, 9.17) is 5.73 Å². The Balaban J connectivity index is 1.74. The Kier molecular flexibility index (Phi) is 4.85. The summed E-state index contributed by atoms with van der Waals surface area (Å²) in [5, 5.41) is 4.79. The summed E-state index contributed by atoms with van der Waals surface area (Å²) >= 11 is 1.75. The molecule has 1 unspecified atom stereocenters. The number of nitrogens with one attached hydrogen (secondary N) is 1. The van der Waals surface area contributed by atoms with Crippen LogP contribution in [-0.2, 0) is 17.8 Å². The van der Waals surface area contributed by atoms with E-state index in [1.807, 2.05) is 36.1 Å². The number of aryl methyl sites for hydroxylation is 1. The molecule has 0 fully saturated rings. The standard InChI is InChI=1S/C18H21N3O2S/c1-12-4-2-3-5-14(12)15(20-18(19)23)10-17(22)21-8-6-16-13(11-21)7-9-24-16/h2-5,7,9,15H,6,8,10-11H2,1H3,(H3,19,20,23). The van der Waals surface area contributed by atoms with Gasteiger partial charge in [0.25, 0.3) is 0 Å². The second-order valence-electron chi connectivity index (χ2n) is 6.06. The van der Waals surface area contributed by atoms with Crippen molar-refractivity contribution >= 4 is 23.3 Å². The van der Waals surface area contributed by atoms with Gasteiger partial charge in [-0.15, -0.1) is 11.3 Å². The smallest absolute Gasteiger partial charge is 0.312 e. The van der Waals surface area contributed by atoms with E-state index in [9.17, 15) is 9.59 Å². The van der Waals surface area contributed by atoms with Gasteiger partial charge in [0.15, 0.2) is 0 Å². The molecule has 3 amide bonds. The Morgan fingerprint density at radius 1 is 1.33 bits per heavy atom. The molecule has 6 heteroatoms. The molecule has 3 N–H and O–H groups in total. The van der Waals surface area contributed by atoms with Gasteiger partial charge in [-0.3, -0.25) is 4.79 Å². The molecule has 5 nitrogen and oxygen atoms in total. The van der Waals surface area contributed by atoms with Crippen LogP contribution in [0.15, 0.2) is 35.7 Å². The normalized spacial score (nSPS) is 14.8. The molecule has 0 radical (unpaired) electrons. The molecular formula is C18H21N3O2S. The summed E-state index contributed by atoms with van der Waals surface area (Å²) in [5.41, 5.74) is 8.50. The zero-order valence-corrected chi connectivity index (χ0v) is 14.4. The molecule has 1 aliphatic heterocycles. The number of hydrogen-bond donors (Lipinski definition) is 2. The van der Waals surface area contributed by atoms with Gasteiger partial charge in [-0.05, 0) is 41.5 Å². The molecule has 0 saturated heterocycles. The summed E-state index contributed by atoms with van der Waals surface area (Å²) in [6.07, 6.45) is 1.12. The third kappa shape index (κ3) is 3.59. The molecule has 1 aromatic heterocycles. The number of rotatable bonds is 4. The number of primary amides is 1. The van der Waals surface area contributed by atoms with E-state index in [-0.39, 0.29) is 12.3 Å². The fourth-order valence-corrected chi connectivity index (χ4v) is 4.04. The van der Waals surface area contributed by atoms with Crippen LogP contribution in [0.1, 0.15) is 34.0 Å². The molecule has 1 aliphatic rings. The van der Waals surface area contributed by atoms with E-state index in [0.717, 1.165) is 24.1 Å². The number of fused-ring (bicyclic) bond motifs is 1. The Morgan fingerprint density at radius 3 is 2.88 bits per heavy atom. The number of carbonyl (C=O) groups is 2. The Morgan fingerprint density at radius 2 is 2.12 bits per heavy atom. The van der Waals surface area contributed by atoms with Crippen molar-refractivity contribution in [1.29, 1.82) is 0 Å². The van der Waals surface area contributed by atoms with E-state index in [0.29, 0.717) is 6.54 Å². The monoisotopic (exact) mass is 343 g/mol. The first-order chi connectivity index (χ1) is 11.5. The van der Waals surface area contributed by atoms with Crippen LogP contribution in [0.3, 0.4) is 0 Å². The third-order valence-corrected chi connectivity index (χ3v) is 5.44. The first-order valence-electron chi connectivity index (χ1n) is 7.99. The fraction of sp³-hybridized carbons (Fsp3) is 0.333. The first kappa shape index (κ1) is 16.5. The third-order valence-electron chi connectivity index (χ3n) is 4.42. The van der Waals surface area contributed by atoms with Gasteiger partial charge >= 0.3 is 6.03 Å². The maximum Gasteiger partial charge on any atom is 0.312 e. The van der Waals surface area contributed by atoms with Crippen molar-refractivity contribution in [3.05, 3.63) is 57.3 Å². The highest BCUT2D eigenvalue weighted by Crippen LogP contribution is 2.26. The summed E-state index contributed by atoms with van der Waals surface area (Å²) in [7, 11) is 0. The number of benzene rings is 1. The van der Waals surface area contributed by atoms with E-state index in [1.165, 1.54) is 10.4 Å². The summed E-state index contributed by atoms with van der Waals surface area (Å²) in [6.45, 7) is 3.34. The molecule has 2 aromatic rings. The van der Waals surface area contributed by atoms with Crippen LogP contribution in [-0.4, -0.2) is 23.4 Å². The minimum Gasteiger partial charge on any atom is -0.352 e. The van der Waals surface area contributed by atoms with Crippen LogP contribution in [0.4, 0.5) is 4.79 Å². The van der Waals surface area contributed by atoms with Gasteiger partial charge in [0.05, 0.1) is 12.5 Å². The molecule has 126 valence electrons. The zero-order chi connectivity index (χ0) is 17.1. The highest BCUT2D eigenvalue weighted by molar-refractivity contribution is 7.10. The van der Waals surface area contributed by atoms with E-state index in [1.54, 1.807) is 11.3 Å². The molecular weight excluding hydrogens is 322 g/mol. The van der Waals surface area contributed by atoms with Crippen LogP contribution >= 0.6 is 11.3 Å². The van der Waals surface area contributed by atoms with Crippen molar-refractivity contribution in [3.8, 4) is 0 Å². The molecule has 0 spiro atoms. The molecule has 0 saturated carbocycles. The molecule has 0 bridgehead atoms. The average Bonchev–Trinajstić information content (AvgIpc) is 3.01. The van der Waals surface area contributed by atoms with Crippen molar-refractivity contribution in [3.63, 3.8) is 0 Å². The predicted octanol–water partition coefficient (Wildman–Crippen LogP) is 2.74. The number of nitrogens with zero attached hydrogens (tertiary/aromatic N) is 1. The van der Waals surface area contributed by atoms with Gasteiger partial charge in [0.2, 0.25) is 5.91 Å². The second kappa shape index (κ2) is 7.05. The van der Waals surface area contributed by atoms with Crippen molar-refractivity contribution < 1.29 is 9.59 Å². The number of thiophene rings is 1. The maximum absolute atomic E-state index is 12.7. The Hall–Kier alpha value is -2.34. The summed E-state index contributed by atoms with van der Waals surface area (Å²) in [4.78, 5) is 27.3. The number of urea groups is 1. The van der Waals surface area contributed by atoms with Crippen molar-refractivity contribution in [1.82, 2.24) is 10.2 Å². The first-order valence-corrected chi connectivity index (χ1v) is 8.87. The van der Waals surface area contributed by atoms with Crippen molar-refractivity contribution in [2.45, 2.75) is 32.4 Å². The molecule has 24 heavy (non-hydrogen) atoms. The second-order valence-corrected chi connectivity index (χ2v) is 7.06. The summed E-state index contributed by atoms with van der Waals surface area (Å²) in [5.74, 6) is 0.0360. The van der Waals surface area contributed by atoms with Gasteiger partial charge in [-0.2, -0.15) is 0 Å². The van der Waals surface area contributed by atoms with E-state index >= 15 is 0 Å². The average molecular weight is 343 g/mol. The number of nitrogens with two attached hydrogens (primary N) is 1. The van der Waals surface area contributed by atoms with Crippen LogP contribution < -0.4 is 11.1 Å². The van der Waals surface area contributed by atoms with Gasteiger partial charge in [0, 0.05) is 18.0 Å². The summed E-state index contributed by atoms with van der Waals surface area (Å²) < 4.78 is 0. The van der Waals surface area contributed by atoms with Crippen molar-refractivity contribution in [2.24, 2.45) is 5.73 Å². The quantitative estimate of drug-likeness (QED) is 0.896. The van der Waals surface area contributed by atoms with Crippen LogP contribution in [0, 0.1) is 6.92 Å². The van der Waals surface area contributed by atoms with E-state index in [2.05, 4.69) is 16.8 Å². The highest BCUT2D eigenvalue weighted by atomic mass is 32.1. The molecule has 2 heterocycles. The highest BCUT2D eigenvalue weighted by Gasteiger charge is 2.25. The topological polar surface area (TPSA) is 75.4 Å². The van der Waals surface area contributed by atoms with Crippen molar-refractivity contribution in [2.75, 3.05) is 6.54 Å². The lowest BCUT2D eigenvalue weighted by Crippen LogP contribution is -2.40. The number of amides is 3. The lowest BCUT2D eigenvalue weighted by atomic mass is 9.98. The lowest BCUT2D eigenvalue weighted by molar-refractivity contribution is -0.132. The Labute approximate surface area is 145 Å². The molecule has 3 rings (SSSR count). The van der Waals surface area contributed by atoms with Crippen LogP contribution in [0.25, 0.3) is 0 Å². The van der Waals surface area contributed by atoms with Crippen LogP contribution in [0.2, 0.25) is 0 Å². The predicted molar refractivity (Wildman–Crippen MR) is 94.7 cm³/mol.